The number of fused-ring (bicyclic) bond motifs is 2. The van der Waals surface area contributed by atoms with E-state index >= 15 is 0 Å². The topological polar surface area (TPSA) is 55.9 Å². The minimum Gasteiger partial charge on any atom is -0.349 e. The van der Waals surface area contributed by atoms with Gasteiger partial charge in [-0.3, -0.25) is 14.6 Å². The van der Waals surface area contributed by atoms with E-state index < -0.39 is 5.92 Å². The van der Waals surface area contributed by atoms with Crippen LogP contribution < -0.4 is 10.2 Å². The number of amides is 3. The van der Waals surface area contributed by atoms with Gasteiger partial charge in [-0.05, 0) is 76.5 Å². The van der Waals surface area contributed by atoms with Crippen molar-refractivity contribution >= 4 is 17.6 Å². The molecule has 42 heavy (non-hydrogen) atoms. The molecule has 2 aromatic rings. The van der Waals surface area contributed by atoms with Crippen molar-refractivity contribution in [3.63, 3.8) is 0 Å². The first-order valence-electron chi connectivity index (χ1n) is 15.8. The Hall–Kier alpha value is -3.00. The van der Waals surface area contributed by atoms with Gasteiger partial charge in [0.2, 0.25) is 11.8 Å². The first-order valence-corrected chi connectivity index (χ1v) is 15.8. The molecule has 3 saturated heterocycles. The zero-order valence-corrected chi connectivity index (χ0v) is 24.9. The molecule has 3 aliphatic heterocycles. The molecule has 6 rings (SSSR count). The highest BCUT2D eigenvalue weighted by molar-refractivity contribution is 5.95. The second-order valence-electron chi connectivity index (χ2n) is 13.3. The number of hydrogen-bond donors (Lipinski definition) is 1. The van der Waals surface area contributed by atoms with E-state index in [-0.39, 0.29) is 61.2 Å². The zero-order valence-electron chi connectivity index (χ0n) is 24.9. The fraction of sp³-hybridized carbons (Fsp3) is 0.588. The summed E-state index contributed by atoms with van der Waals surface area (Å²) < 4.78 is 27.4. The van der Waals surface area contributed by atoms with E-state index in [0.717, 1.165) is 56.4 Å². The van der Waals surface area contributed by atoms with Gasteiger partial charge in [-0.25, -0.2) is 13.6 Å². The van der Waals surface area contributed by atoms with Crippen molar-refractivity contribution in [2.45, 2.75) is 107 Å². The Kier molecular flexibility index (Phi) is 8.03. The van der Waals surface area contributed by atoms with Gasteiger partial charge in [-0.15, -0.1) is 0 Å². The summed E-state index contributed by atoms with van der Waals surface area (Å²) in [5, 5.41) is 3.25. The van der Waals surface area contributed by atoms with Gasteiger partial charge in [0.1, 0.15) is 0 Å². The first kappa shape index (κ1) is 29.1. The average Bonchev–Trinajstić information content (AvgIpc) is 3.40. The van der Waals surface area contributed by atoms with Crippen LogP contribution in [0.2, 0.25) is 0 Å². The monoisotopic (exact) mass is 578 g/mol. The number of alkyl halides is 2. The van der Waals surface area contributed by atoms with Crippen LogP contribution in [0.1, 0.15) is 83.2 Å². The third-order valence-electron chi connectivity index (χ3n) is 10.3. The van der Waals surface area contributed by atoms with Crippen molar-refractivity contribution in [2.75, 3.05) is 18.0 Å². The molecule has 3 atom stereocenters. The van der Waals surface area contributed by atoms with Gasteiger partial charge in [0.05, 0.1) is 18.1 Å². The van der Waals surface area contributed by atoms with Gasteiger partial charge in [0, 0.05) is 49.1 Å². The second kappa shape index (κ2) is 11.6. The minimum atomic E-state index is -2.65. The summed E-state index contributed by atoms with van der Waals surface area (Å²) in [6.45, 7) is 5.83. The highest BCUT2D eigenvalue weighted by Gasteiger charge is 2.58. The number of urea groups is 1. The van der Waals surface area contributed by atoms with Crippen LogP contribution in [0.25, 0.3) is 0 Å². The minimum absolute atomic E-state index is 0.0991. The van der Waals surface area contributed by atoms with Gasteiger partial charge >= 0.3 is 6.03 Å². The van der Waals surface area contributed by atoms with Gasteiger partial charge in [0.15, 0.2) is 0 Å². The van der Waals surface area contributed by atoms with Crippen LogP contribution in [0.5, 0.6) is 0 Å². The molecule has 4 fully saturated rings. The number of nitrogens with one attached hydrogen (secondary N) is 1. The number of anilines is 1. The third-order valence-corrected chi connectivity index (χ3v) is 10.3. The summed E-state index contributed by atoms with van der Waals surface area (Å²) in [4.78, 5) is 33.7. The fourth-order valence-electron chi connectivity index (χ4n) is 8.33. The Morgan fingerprint density at radius 3 is 2.12 bits per heavy atom. The molecule has 8 heteroatoms. The molecule has 4 aliphatic rings. The predicted octanol–water partition coefficient (Wildman–Crippen LogP) is 6.78. The van der Waals surface area contributed by atoms with E-state index in [0.29, 0.717) is 12.1 Å². The molecule has 6 nitrogen and oxygen atoms in total. The summed E-state index contributed by atoms with van der Waals surface area (Å²) >= 11 is 0. The molecule has 2 bridgehead atoms. The van der Waals surface area contributed by atoms with Crippen LogP contribution in [0, 0.1) is 5.92 Å². The number of para-hydroxylation sites is 1. The van der Waals surface area contributed by atoms with E-state index in [1.54, 1.807) is 0 Å². The Bertz CT molecular complexity index is 1230. The van der Waals surface area contributed by atoms with Gasteiger partial charge in [-0.2, -0.15) is 0 Å². The van der Waals surface area contributed by atoms with E-state index in [9.17, 15) is 18.4 Å². The number of hydrogen-bond acceptors (Lipinski definition) is 3. The van der Waals surface area contributed by atoms with Crippen molar-refractivity contribution in [1.82, 2.24) is 15.1 Å². The molecular formula is C34H44F2N4O2. The number of carbonyl (C=O) groups is 2. The second-order valence-corrected chi connectivity index (χ2v) is 13.3. The lowest BCUT2D eigenvalue weighted by atomic mass is 9.81. The van der Waals surface area contributed by atoms with Crippen LogP contribution in [0.4, 0.5) is 19.3 Å². The van der Waals surface area contributed by atoms with Crippen LogP contribution in [0.15, 0.2) is 60.7 Å². The van der Waals surface area contributed by atoms with Crippen LogP contribution in [-0.2, 0) is 4.79 Å². The molecule has 3 amide bonds. The summed E-state index contributed by atoms with van der Waals surface area (Å²) in [5.41, 5.74) is 1.83. The average molecular weight is 579 g/mol. The lowest BCUT2D eigenvalue weighted by molar-refractivity contribution is -0.130. The summed E-state index contributed by atoms with van der Waals surface area (Å²) in [7, 11) is 0. The maximum Gasteiger partial charge on any atom is 0.325 e. The number of halogens is 2. The normalized spacial score (nSPS) is 28.5. The quantitative estimate of drug-likeness (QED) is 0.376. The standard InChI is InChI=1S/C34H44F2N4O2/c1-24(2)40-32(42)39(27-11-7-4-8-12-27)23-33(40)21-28-13-14-29(22-33)38(28)20-17-30(25-9-5-3-6-10-25)37-31(41)26-15-18-34(35,36)19-16-26/h3-12,24,26,28-30H,13-23H2,1-2H3,(H,37,41)/t28?,29?,30-,33?/m0/s1. The van der Waals surface area contributed by atoms with E-state index in [4.69, 9.17) is 0 Å². The van der Waals surface area contributed by atoms with Crippen LogP contribution in [-0.4, -0.2) is 64.4 Å². The molecule has 3 heterocycles. The molecule has 226 valence electrons. The maximum atomic E-state index is 13.7. The molecule has 2 unspecified atom stereocenters. The summed E-state index contributed by atoms with van der Waals surface area (Å²) in [5.74, 6) is -3.09. The molecule has 1 spiro atoms. The molecule has 0 aromatic heterocycles. The molecule has 1 aliphatic carbocycles. The Labute approximate surface area is 248 Å². The van der Waals surface area contributed by atoms with Crippen molar-refractivity contribution in [3.8, 4) is 0 Å². The molecule has 0 radical (unpaired) electrons. The summed E-state index contributed by atoms with van der Waals surface area (Å²) in [6.07, 6.45) is 4.97. The highest BCUT2D eigenvalue weighted by atomic mass is 19.3. The van der Waals surface area contributed by atoms with Crippen LogP contribution >= 0.6 is 0 Å². The number of rotatable bonds is 8. The molecular weight excluding hydrogens is 534 g/mol. The van der Waals surface area contributed by atoms with Crippen molar-refractivity contribution in [2.24, 2.45) is 5.92 Å². The van der Waals surface area contributed by atoms with Gasteiger partial charge in [-0.1, -0.05) is 48.5 Å². The van der Waals surface area contributed by atoms with Gasteiger partial charge in [0.25, 0.3) is 0 Å². The van der Waals surface area contributed by atoms with E-state index in [1.807, 2.05) is 65.6 Å². The molecule has 2 aromatic carbocycles. The van der Waals surface area contributed by atoms with Crippen molar-refractivity contribution < 1.29 is 18.4 Å². The molecule has 1 N–H and O–H groups in total. The van der Waals surface area contributed by atoms with Gasteiger partial charge < -0.3 is 10.2 Å². The lowest BCUT2D eigenvalue weighted by Crippen LogP contribution is -2.60. The highest BCUT2D eigenvalue weighted by Crippen LogP contribution is 2.48. The van der Waals surface area contributed by atoms with E-state index in [1.165, 1.54) is 0 Å². The Balaban J connectivity index is 1.15. The third kappa shape index (κ3) is 5.67. The Morgan fingerprint density at radius 1 is 0.929 bits per heavy atom. The first-order chi connectivity index (χ1) is 20.2. The smallest absolute Gasteiger partial charge is 0.325 e. The Morgan fingerprint density at radius 2 is 1.52 bits per heavy atom. The predicted molar refractivity (Wildman–Crippen MR) is 160 cm³/mol. The molecule has 1 saturated carbocycles. The van der Waals surface area contributed by atoms with Crippen LogP contribution in [0.3, 0.4) is 0 Å². The number of piperidine rings is 1. The van der Waals surface area contributed by atoms with E-state index in [2.05, 4.69) is 29.0 Å². The largest absolute Gasteiger partial charge is 0.349 e. The number of benzene rings is 2. The zero-order chi connectivity index (χ0) is 29.5. The van der Waals surface area contributed by atoms with Crippen molar-refractivity contribution in [3.05, 3.63) is 66.2 Å². The maximum absolute atomic E-state index is 13.7. The number of carbonyl (C=O) groups excluding carboxylic acids is 2. The SMILES string of the molecule is CC(C)N1C(=O)N(c2ccccc2)CC12CC1CCC(C2)N1CC[C@H](NC(=O)C1CCC(F)(F)CC1)c1ccccc1. The lowest BCUT2D eigenvalue weighted by Gasteiger charge is -2.49. The van der Waals surface area contributed by atoms with Crippen molar-refractivity contribution in [1.29, 1.82) is 0 Å². The summed E-state index contributed by atoms with van der Waals surface area (Å²) in [6, 6.07) is 20.9. The number of nitrogens with zero attached hydrogens (tertiary/aromatic N) is 3. The fourth-order valence-corrected chi connectivity index (χ4v) is 8.33.